The van der Waals surface area contributed by atoms with Crippen molar-refractivity contribution in [3.8, 4) is 22.6 Å². The lowest BCUT2D eigenvalue weighted by atomic mass is 9.80. The van der Waals surface area contributed by atoms with Crippen LogP contribution in [0.3, 0.4) is 0 Å². The van der Waals surface area contributed by atoms with Crippen molar-refractivity contribution in [1.82, 2.24) is 0 Å². The second-order valence-electron chi connectivity index (χ2n) is 12.6. The summed E-state index contributed by atoms with van der Waals surface area (Å²) in [5, 5.41) is 0. The molecule has 0 heterocycles. The van der Waals surface area contributed by atoms with E-state index in [2.05, 4.69) is 17.3 Å². The van der Waals surface area contributed by atoms with Gasteiger partial charge >= 0.3 is 27.7 Å². The highest BCUT2D eigenvalue weighted by molar-refractivity contribution is 7.88. The summed E-state index contributed by atoms with van der Waals surface area (Å²) in [6, 6.07) is 13.8. The van der Waals surface area contributed by atoms with Gasteiger partial charge in [0.05, 0.1) is 19.8 Å². The lowest BCUT2D eigenvalue weighted by Gasteiger charge is -2.25. The quantitative estimate of drug-likeness (QED) is 0.103. The third-order valence-corrected chi connectivity index (χ3v) is 7.95. The van der Waals surface area contributed by atoms with Crippen molar-refractivity contribution in [2.45, 2.75) is 54.0 Å². The van der Waals surface area contributed by atoms with Crippen LogP contribution < -0.4 is 8.92 Å². The second kappa shape index (κ2) is 16.6. The van der Waals surface area contributed by atoms with Gasteiger partial charge < -0.3 is 13.7 Å². The Labute approximate surface area is 284 Å². The van der Waals surface area contributed by atoms with E-state index < -0.39 is 27.0 Å². The largest absolute Gasteiger partial charge is 0.534 e. The molecule has 13 heteroatoms. The van der Waals surface area contributed by atoms with Gasteiger partial charge in [0.25, 0.3) is 0 Å². The third kappa shape index (κ3) is 11.4. The first-order valence-electron chi connectivity index (χ1n) is 14.4. The van der Waals surface area contributed by atoms with Crippen LogP contribution in [-0.4, -0.2) is 40.3 Å². The molecule has 0 saturated heterocycles. The molecule has 0 amide bonds. The standard InChI is InChI=1S/C21H23FO3.C14H17F3O3S.CO2/c1-13(21(2,3)4)17-11-14(20(23)25-6)7-9-16(17)18-12-15(24-5)8-10-19(18)22;1-9-6-7-12(20-21(18,19)14(15,16)17)11(8-9)10(2)13(3,4)5;2-1-3/h7-12H,1H2,2-6H3;6-8H,2H2,1,3-5H3;. The first-order chi connectivity index (χ1) is 22.4. The number of hydrogen-bond donors (Lipinski definition) is 0. The number of aryl methyl sites for hydroxylation is 1. The molecule has 0 fully saturated rings. The molecule has 0 aliphatic carbocycles. The van der Waals surface area contributed by atoms with Crippen LogP contribution in [0.2, 0.25) is 0 Å². The smallest absolute Gasteiger partial charge is 0.497 e. The first kappa shape index (κ1) is 42.3. The van der Waals surface area contributed by atoms with Crippen LogP contribution in [0.25, 0.3) is 22.3 Å². The van der Waals surface area contributed by atoms with E-state index >= 15 is 0 Å². The molecule has 8 nitrogen and oxygen atoms in total. The molecular formula is C36H40F4O8S. The number of alkyl halides is 3. The lowest BCUT2D eigenvalue weighted by molar-refractivity contribution is -0.191. The summed E-state index contributed by atoms with van der Waals surface area (Å²) in [5.74, 6) is -0.631. The van der Waals surface area contributed by atoms with Crippen molar-refractivity contribution in [3.05, 3.63) is 95.8 Å². The molecule has 0 N–H and O–H groups in total. The Bertz CT molecular complexity index is 1820. The van der Waals surface area contributed by atoms with Crippen molar-refractivity contribution in [2.75, 3.05) is 14.2 Å². The van der Waals surface area contributed by atoms with Gasteiger partial charge in [0.1, 0.15) is 17.3 Å². The number of carbonyl (C=O) groups is 1. The lowest BCUT2D eigenvalue weighted by Crippen LogP contribution is -2.28. The minimum Gasteiger partial charge on any atom is -0.497 e. The van der Waals surface area contributed by atoms with Crippen LogP contribution in [0.5, 0.6) is 11.5 Å². The average molecular weight is 709 g/mol. The molecule has 0 aromatic heterocycles. The molecule has 0 radical (unpaired) electrons. The van der Waals surface area contributed by atoms with Gasteiger partial charge in [-0.15, -0.1) is 0 Å². The highest BCUT2D eigenvalue weighted by Gasteiger charge is 2.49. The zero-order valence-corrected chi connectivity index (χ0v) is 29.6. The number of carbonyl (C=O) groups excluding carboxylic acids is 3. The van der Waals surface area contributed by atoms with Crippen molar-refractivity contribution >= 4 is 33.4 Å². The highest BCUT2D eigenvalue weighted by Crippen LogP contribution is 2.41. The van der Waals surface area contributed by atoms with Gasteiger partial charge in [0.15, 0.2) is 0 Å². The van der Waals surface area contributed by atoms with Gasteiger partial charge in [0.2, 0.25) is 0 Å². The fraction of sp³-hybridized carbons (Fsp3) is 0.333. The van der Waals surface area contributed by atoms with Crippen molar-refractivity contribution < 1.29 is 54.0 Å². The minimum absolute atomic E-state index is 0.246. The molecule has 0 aliphatic heterocycles. The number of hydrogen-bond acceptors (Lipinski definition) is 8. The van der Waals surface area contributed by atoms with Crippen LogP contribution >= 0.6 is 0 Å². The molecule has 0 saturated carbocycles. The molecule has 0 unspecified atom stereocenters. The predicted octanol–water partition coefficient (Wildman–Crippen LogP) is 9.05. The van der Waals surface area contributed by atoms with Crippen LogP contribution in [0.1, 0.15) is 68.6 Å². The van der Waals surface area contributed by atoms with Crippen LogP contribution in [0.4, 0.5) is 17.6 Å². The molecular weight excluding hydrogens is 668 g/mol. The molecule has 266 valence electrons. The van der Waals surface area contributed by atoms with Gasteiger partial charge in [-0.05, 0) is 82.5 Å². The van der Waals surface area contributed by atoms with Gasteiger partial charge in [-0.3, -0.25) is 0 Å². The average Bonchev–Trinajstić information content (AvgIpc) is 3.00. The predicted molar refractivity (Wildman–Crippen MR) is 178 cm³/mol. The molecule has 0 atom stereocenters. The van der Waals surface area contributed by atoms with E-state index in [0.29, 0.717) is 33.6 Å². The van der Waals surface area contributed by atoms with Gasteiger partial charge in [-0.25, -0.2) is 9.18 Å². The van der Waals surface area contributed by atoms with Crippen molar-refractivity contribution in [1.29, 1.82) is 0 Å². The zero-order valence-electron chi connectivity index (χ0n) is 28.8. The number of rotatable bonds is 7. The van der Waals surface area contributed by atoms with Gasteiger partial charge in [-0.2, -0.15) is 31.2 Å². The highest BCUT2D eigenvalue weighted by atomic mass is 32.2. The van der Waals surface area contributed by atoms with E-state index in [9.17, 15) is 30.8 Å². The molecule has 0 spiro atoms. The second-order valence-corrected chi connectivity index (χ2v) is 14.2. The maximum atomic E-state index is 14.5. The summed E-state index contributed by atoms with van der Waals surface area (Å²) >= 11 is 0. The van der Waals surface area contributed by atoms with E-state index in [0.717, 1.165) is 11.1 Å². The monoisotopic (exact) mass is 708 g/mol. The minimum atomic E-state index is -5.71. The summed E-state index contributed by atoms with van der Waals surface area (Å²) < 4.78 is 88.3. The third-order valence-electron chi connectivity index (χ3n) is 6.98. The summed E-state index contributed by atoms with van der Waals surface area (Å²) in [4.78, 5) is 28.2. The fourth-order valence-corrected chi connectivity index (χ4v) is 4.51. The number of halogens is 4. The number of allylic oxidation sites excluding steroid dienone is 2. The number of methoxy groups -OCH3 is 2. The van der Waals surface area contributed by atoms with Crippen molar-refractivity contribution in [3.63, 3.8) is 0 Å². The normalized spacial score (nSPS) is 11.4. The topological polar surface area (TPSA) is 113 Å². The molecule has 0 bridgehead atoms. The summed E-state index contributed by atoms with van der Waals surface area (Å²) in [6.07, 6.45) is 0.250. The van der Waals surface area contributed by atoms with E-state index in [4.69, 9.17) is 19.1 Å². The Morgan fingerprint density at radius 1 is 0.776 bits per heavy atom. The van der Waals surface area contributed by atoms with E-state index in [1.165, 1.54) is 32.4 Å². The summed E-state index contributed by atoms with van der Waals surface area (Å²) in [5.41, 5.74) is -1.72. The Morgan fingerprint density at radius 3 is 1.78 bits per heavy atom. The maximum Gasteiger partial charge on any atom is 0.534 e. The summed E-state index contributed by atoms with van der Waals surface area (Å²) in [7, 11) is -2.84. The van der Waals surface area contributed by atoms with Crippen LogP contribution in [-0.2, 0) is 24.4 Å². The van der Waals surface area contributed by atoms with Crippen LogP contribution in [0.15, 0.2) is 67.8 Å². The zero-order chi connectivity index (χ0) is 38.1. The number of esters is 1. The van der Waals surface area contributed by atoms with E-state index in [1.54, 1.807) is 43.3 Å². The SMILES string of the molecule is C=C(c1cc(C(=O)OC)ccc1-c1cc(OC)ccc1F)C(C)(C)C.C=C(c1cc(C)ccc1OS(=O)(=O)C(F)(F)F)C(C)(C)C.O=C=O. The Kier molecular flexibility index (Phi) is 14.3. The number of benzene rings is 3. The Morgan fingerprint density at radius 2 is 1.31 bits per heavy atom. The van der Waals surface area contributed by atoms with Crippen LogP contribution in [0, 0.1) is 23.6 Å². The Hall–Kier alpha value is -4.74. The summed E-state index contributed by atoms with van der Waals surface area (Å²) in [6.45, 7) is 21.3. The molecule has 3 rings (SSSR count). The number of ether oxygens (including phenoxy) is 2. The molecule has 3 aromatic carbocycles. The first-order valence-corrected chi connectivity index (χ1v) is 15.8. The molecule has 3 aromatic rings. The fourth-order valence-electron chi connectivity index (χ4n) is 4.04. The van der Waals surface area contributed by atoms with E-state index in [1.807, 2.05) is 41.5 Å². The van der Waals surface area contributed by atoms with Crippen molar-refractivity contribution in [2.24, 2.45) is 10.8 Å². The van der Waals surface area contributed by atoms with Gasteiger partial charge in [0, 0.05) is 11.1 Å². The maximum absolute atomic E-state index is 14.5. The Balaban J connectivity index is 0.000000460. The van der Waals surface area contributed by atoms with Gasteiger partial charge in [-0.1, -0.05) is 72.4 Å². The van der Waals surface area contributed by atoms with E-state index in [-0.39, 0.29) is 28.7 Å². The molecule has 49 heavy (non-hydrogen) atoms. The molecule has 0 aliphatic rings.